The van der Waals surface area contributed by atoms with Crippen molar-refractivity contribution in [3.05, 3.63) is 48.3 Å². The van der Waals surface area contributed by atoms with Crippen LogP contribution in [0.5, 0.6) is 0 Å². The Kier molecular flexibility index (Phi) is 2.91. The third-order valence-corrected chi connectivity index (χ3v) is 2.16. The van der Waals surface area contributed by atoms with Crippen LogP contribution in [0.1, 0.15) is 10.4 Å². The molecule has 2 rings (SSSR count). The number of nitrogens with two attached hydrogens (primary N) is 2. The van der Waals surface area contributed by atoms with Gasteiger partial charge in [0.15, 0.2) is 0 Å². The molecule has 0 saturated carbocycles. The van der Waals surface area contributed by atoms with Gasteiger partial charge in [0.05, 0.1) is 5.56 Å². The number of anilines is 3. The third-order valence-electron chi connectivity index (χ3n) is 2.16. The molecule has 0 fully saturated rings. The maximum atomic E-state index is 11.8. The van der Waals surface area contributed by atoms with Gasteiger partial charge in [-0.15, -0.1) is 0 Å². The summed E-state index contributed by atoms with van der Waals surface area (Å²) >= 11 is 0. The smallest absolute Gasteiger partial charge is 0.257 e. The molecular weight excluding hydrogens is 216 g/mol. The fraction of sp³-hybridized carbons (Fsp3) is 0. The molecule has 1 aromatic heterocycles. The maximum absolute atomic E-state index is 11.8. The summed E-state index contributed by atoms with van der Waals surface area (Å²) in [5.74, 6) is -0.247. The van der Waals surface area contributed by atoms with E-state index in [1.54, 1.807) is 36.5 Å². The molecule has 0 aliphatic rings. The second kappa shape index (κ2) is 4.52. The molecule has 0 spiro atoms. The zero-order chi connectivity index (χ0) is 12.3. The molecule has 0 aliphatic heterocycles. The van der Waals surface area contributed by atoms with Gasteiger partial charge in [0.2, 0.25) is 0 Å². The molecule has 17 heavy (non-hydrogen) atoms. The van der Waals surface area contributed by atoms with E-state index in [-0.39, 0.29) is 5.91 Å². The third kappa shape index (κ3) is 2.72. The summed E-state index contributed by atoms with van der Waals surface area (Å²) < 4.78 is 0. The van der Waals surface area contributed by atoms with Crippen LogP contribution < -0.4 is 16.8 Å². The molecule has 1 heterocycles. The van der Waals surface area contributed by atoms with Crippen LogP contribution in [-0.4, -0.2) is 10.9 Å². The average molecular weight is 228 g/mol. The van der Waals surface area contributed by atoms with Gasteiger partial charge in [-0.1, -0.05) is 0 Å². The van der Waals surface area contributed by atoms with E-state index in [1.807, 2.05) is 0 Å². The highest BCUT2D eigenvalue weighted by Gasteiger charge is 2.06. The van der Waals surface area contributed by atoms with Crippen molar-refractivity contribution < 1.29 is 4.79 Å². The van der Waals surface area contributed by atoms with Gasteiger partial charge in [-0.2, -0.15) is 0 Å². The lowest BCUT2D eigenvalue weighted by Crippen LogP contribution is -2.12. The summed E-state index contributed by atoms with van der Waals surface area (Å²) in [4.78, 5) is 15.7. The van der Waals surface area contributed by atoms with Crippen LogP contribution in [0.15, 0.2) is 42.7 Å². The Balaban J connectivity index is 2.19. The zero-order valence-corrected chi connectivity index (χ0v) is 9.05. The first-order chi connectivity index (χ1) is 8.15. The molecule has 0 atom stereocenters. The van der Waals surface area contributed by atoms with Gasteiger partial charge in [0.25, 0.3) is 5.91 Å². The van der Waals surface area contributed by atoms with Crippen LogP contribution >= 0.6 is 0 Å². The summed E-state index contributed by atoms with van der Waals surface area (Å²) in [5.41, 5.74) is 13.3. The number of nitrogen functional groups attached to an aromatic ring is 2. The van der Waals surface area contributed by atoms with E-state index in [0.717, 1.165) is 0 Å². The Morgan fingerprint density at radius 1 is 1.18 bits per heavy atom. The summed E-state index contributed by atoms with van der Waals surface area (Å²) in [6, 6.07) is 8.29. The lowest BCUT2D eigenvalue weighted by molar-refractivity contribution is 0.102. The number of pyridine rings is 1. The summed E-state index contributed by atoms with van der Waals surface area (Å²) in [6.07, 6.45) is 3.10. The number of carbonyl (C=O) groups is 1. The van der Waals surface area contributed by atoms with Crippen molar-refractivity contribution in [1.82, 2.24) is 4.98 Å². The first kappa shape index (κ1) is 10.9. The van der Waals surface area contributed by atoms with E-state index in [0.29, 0.717) is 22.6 Å². The van der Waals surface area contributed by atoms with E-state index >= 15 is 0 Å². The van der Waals surface area contributed by atoms with Gasteiger partial charge in [-0.25, -0.2) is 0 Å². The first-order valence-electron chi connectivity index (χ1n) is 5.02. The van der Waals surface area contributed by atoms with E-state index in [4.69, 9.17) is 11.5 Å². The predicted octanol–water partition coefficient (Wildman–Crippen LogP) is 1.50. The van der Waals surface area contributed by atoms with Crippen LogP contribution in [0.4, 0.5) is 17.1 Å². The lowest BCUT2D eigenvalue weighted by Gasteiger charge is -2.06. The van der Waals surface area contributed by atoms with Crippen molar-refractivity contribution in [2.45, 2.75) is 0 Å². The van der Waals surface area contributed by atoms with Gasteiger partial charge in [-0.05, 0) is 30.3 Å². The fourth-order valence-electron chi connectivity index (χ4n) is 1.45. The van der Waals surface area contributed by atoms with E-state index in [9.17, 15) is 4.79 Å². The Morgan fingerprint density at radius 3 is 2.47 bits per heavy atom. The Hall–Kier alpha value is -2.56. The first-order valence-corrected chi connectivity index (χ1v) is 5.02. The van der Waals surface area contributed by atoms with Crippen molar-refractivity contribution in [2.24, 2.45) is 0 Å². The van der Waals surface area contributed by atoms with Crippen LogP contribution in [0.25, 0.3) is 0 Å². The minimum Gasteiger partial charge on any atom is -0.399 e. The standard InChI is InChI=1S/C12H12N4O/c13-9-4-10(14)6-11(5-9)16-12(17)8-2-1-3-15-7-8/h1-7H,13-14H2,(H,16,17). The largest absolute Gasteiger partial charge is 0.399 e. The summed E-state index contributed by atoms with van der Waals surface area (Å²) in [5, 5.41) is 2.70. The van der Waals surface area contributed by atoms with Crippen LogP contribution in [0.2, 0.25) is 0 Å². The lowest BCUT2D eigenvalue weighted by atomic mass is 10.2. The predicted molar refractivity (Wildman–Crippen MR) is 67.5 cm³/mol. The van der Waals surface area contributed by atoms with Crippen LogP contribution in [0, 0.1) is 0 Å². The molecule has 1 amide bonds. The number of benzene rings is 1. The molecule has 86 valence electrons. The molecule has 0 aliphatic carbocycles. The Morgan fingerprint density at radius 2 is 1.88 bits per heavy atom. The normalized spacial score (nSPS) is 9.88. The van der Waals surface area contributed by atoms with Gasteiger partial charge in [0, 0.05) is 29.5 Å². The zero-order valence-electron chi connectivity index (χ0n) is 9.05. The molecule has 5 heteroatoms. The number of hydrogen-bond donors (Lipinski definition) is 3. The monoisotopic (exact) mass is 228 g/mol. The van der Waals surface area contributed by atoms with Gasteiger partial charge < -0.3 is 16.8 Å². The number of amides is 1. The molecule has 0 saturated heterocycles. The molecule has 5 N–H and O–H groups in total. The van der Waals surface area contributed by atoms with Crippen LogP contribution in [0.3, 0.4) is 0 Å². The topological polar surface area (TPSA) is 94.0 Å². The molecule has 0 unspecified atom stereocenters. The summed E-state index contributed by atoms with van der Waals surface area (Å²) in [7, 11) is 0. The van der Waals surface area contributed by atoms with Crippen molar-refractivity contribution in [3.8, 4) is 0 Å². The second-order valence-corrected chi connectivity index (χ2v) is 3.58. The number of aromatic nitrogens is 1. The highest BCUT2D eigenvalue weighted by molar-refractivity contribution is 6.04. The van der Waals surface area contributed by atoms with E-state index in [1.165, 1.54) is 6.20 Å². The fourth-order valence-corrected chi connectivity index (χ4v) is 1.45. The number of carbonyl (C=O) groups excluding carboxylic acids is 1. The second-order valence-electron chi connectivity index (χ2n) is 3.58. The Labute approximate surface area is 98.5 Å². The van der Waals surface area contributed by atoms with Gasteiger partial charge >= 0.3 is 0 Å². The van der Waals surface area contributed by atoms with Crippen molar-refractivity contribution in [2.75, 3.05) is 16.8 Å². The van der Waals surface area contributed by atoms with Gasteiger partial charge in [-0.3, -0.25) is 9.78 Å². The molecule has 1 aromatic carbocycles. The quantitative estimate of drug-likeness (QED) is 0.679. The SMILES string of the molecule is Nc1cc(N)cc(NC(=O)c2cccnc2)c1. The molecule has 5 nitrogen and oxygen atoms in total. The summed E-state index contributed by atoms with van der Waals surface area (Å²) in [6.45, 7) is 0. The number of nitrogens with one attached hydrogen (secondary N) is 1. The van der Waals surface area contributed by atoms with E-state index in [2.05, 4.69) is 10.3 Å². The number of nitrogens with zero attached hydrogens (tertiary/aromatic N) is 1. The highest BCUT2D eigenvalue weighted by Crippen LogP contribution is 2.18. The Bertz CT molecular complexity index is 519. The van der Waals surface area contributed by atoms with Crippen molar-refractivity contribution in [3.63, 3.8) is 0 Å². The molecule has 2 aromatic rings. The molecular formula is C12H12N4O. The van der Waals surface area contributed by atoms with E-state index < -0.39 is 0 Å². The average Bonchev–Trinajstić information content (AvgIpc) is 2.28. The van der Waals surface area contributed by atoms with Crippen molar-refractivity contribution >= 4 is 23.0 Å². The van der Waals surface area contributed by atoms with Crippen molar-refractivity contribution in [1.29, 1.82) is 0 Å². The minimum absolute atomic E-state index is 0.247. The minimum atomic E-state index is -0.247. The van der Waals surface area contributed by atoms with Gasteiger partial charge in [0.1, 0.15) is 0 Å². The molecule has 0 bridgehead atoms. The number of hydrogen-bond acceptors (Lipinski definition) is 4. The number of rotatable bonds is 2. The highest BCUT2D eigenvalue weighted by atomic mass is 16.1. The maximum Gasteiger partial charge on any atom is 0.257 e. The molecule has 0 radical (unpaired) electrons. The van der Waals surface area contributed by atoms with Crippen LogP contribution in [-0.2, 0) is 0 Å².